The first-order valence-electron chi connectivity index (χ1n) is 2.99. The standard InChI is InChI=1S/C8H6O/c9-8-4-3-6-1-2-7(6)5-8/h1,3-5H,2H2. The molecule has 0 aromatic carbocycles. The number of carbonyl (C=O) groups excluding carboxylic acids is 1. The smallest absolute Gasteiger partial charge is 0.178 e. The van der Waals surface area contributed by atoms with E-state index in [1.807, 2.05) is 6.08 Å². The summed E-state index contributed by atoms with van der Waals surface area (Å²) in [4.78, 5) is 10.7. The minimum Gasteiger partial charge on any atom is -0.290 e. The first-order valence-corrected chi connectivity index (χ1v) is 2.99. The van der Waals surface area contributed by atoms with Crippen LogP contribution in [0.15, 0.2) is 35.5 Å². The molecule has 0 fully saturated rings. The molecule has 2 rings (SSSR count). The van der Waals surface area contributed by atoms with Gasteiger partial charge in [0, 0.05) is 0 Å². The minimum atomic E-state index is 0.127. The van der Waals surface area contributed by atoms with Crippen molar-refractivity contribution in [2.24, 2.45) is 0 Å². The fourth-order valence-electron chi connectivity index (χ4n) is 1.05. The van der Waals surface area contributed by atoms with Gasteiger partial charge in [0.05, 0.1) is 0 Å². The summed E-state index contributed by atoms with van der Waals surface area (Å²) in [5.74, 6) is 0.127. The van der Waals surface area contributed by atoms with E-state index in [0.717, 1.165) is 6.42 Å². The van der Waals surface area contributed by atoms with E-state index in [4.69, 9.17) is 0 Å². The molecular weight excluding hydrogens is 112 g/mol. The van der Waals surface area contributed by atoms with Gasteiger partial charge in [0.2, 0.25) is 0 Å². The number of hydrogen-bond acceptors (Lipinski definition) is 1. The van der Waals surface area contributed by atoms with E-state index >= 15 is 0 Å². The van der Waals surface area contributed by atoms with Crippen LogP contribution in [0.5, 0.6) is 0 Å². The molecule has 0 saturated heterocycles. The third-order valence-electron chi connectivity index (χ3n) is 1.66. The quantitative estimate of drug-likeness (QED) is 0.469. The van der Waals surface area contributed by atoms with E-state index in [-0.39, 0.29) is 5.78 Å². The third kappa shape index (κ3) is 0.578. The zero-order valence-electron chi connectivity index (χ0n) is 4.92. The van der Waals surface area contributed by atoms with Crippen LogP contribution in [0, 0.1) is 0 Å². The van der Waals surface area contributed by atoms with Crippen molar-refractivity contribution >= 4 is 5.78 Å². The molecule has 44 valence electrons. The van der Waals surface area contributed by atoms with Gasteiger partial charge in [0.1, 0.15) is 0 Å². The molecule has 0 aromatic heterocycles. The van der Waals surface area contributed by atoms with Crippen LogP contribution in [0.3, 0.4) is 0 Å². The second-order valence-electron chi connectivity index (χ2n) is 2.27. The highest BCUT2D eigenvalue weighted by molar-refractivity contribution is 6.02. The first kappa shape index (κ1) is 4.74. The average Bonchev–Trinajstić information content (AvgIpc) is 1.78. The fourth-order valence-corrected chi connectivity index (χ4v) is 1.05. The van der Waals surface area contributed by atoms with Gasteiger partial charge in [-0.25, -0.2) is 0 Å². The summed E-state index contributed by atoms with van der Waals surface area (Å²) in [5, 5.41) is 0. The summed E-state index contributed by atoms with van der Waals surface area (Å²) >= 11 is 0. The zero-order valence-corrected chi connectivity index (χ0v) is 4.92. The van der Waals surface area contributed by atoms with E-state index < -0.39 is 0 Å². The molecule has 0 aliphatic heterocycles. The molecule has 9 heavy (non-hydrogen) atoms. The van der Waals surface area contributed by atoms with Crippen molar-refractivity contribution in [3.8, 4) is 0 Å². The number of allylic oxidation sites excluding steroid dienone is 6. The van der Waals surface area contributed by atoms with Crippen LogP contribution in [0.2, 0.25) is 0 Å². The van der Waals surface area contributed by atoms with Gasteiger partial charge in [-0.15, -0.1) is 0 Å². The summed E-state index contributed by atoms with van der Waals surface area (Å²) in [5.41, 5.74) is 2.43. The molecule has 1 heteroatoms. The fraction of sp³-hybridized carbons (Fsp3) is 0.125. The lowest BCUT2D eigenvalue weighted by atomic mass is 9.87. The molecule has 2 aliphatic rings. The van der Waals surface area contributed by atoms with Crippen molar-refractivity contribution in [3.05, 3.63) is 35.5 Å². The van der Waals surface area contributed by atoms with Crippen LogP contribution in [-0.4, -0.2) is 5.78 Å². The monoisotopic (exact) mass is 118 g/mol. The molecule has 0 unspecified atom stereocenters. The summed E-state index contributed by atoms with van der Waals surface area (Å²) in [6.45, 7) is 0. The van der Waals surface area contributed by atoms with Crippen molar-refractivity contribution in [2.45, 2.75) is 6.42 Å². The highest BCUT2D eigenvalue weighted by atomic mass is 16.1. The Labute approximate surface area is 53.4 Å². The van der Waals surface area contributed by atoms with Crippen molar-refractivity contribution in [3.63, 3.8) is 0 Å². The Morgan fingerprint density at radius 2 is 2.22 bits per heavy atom. The number of carbonyl (C=O) groups is 1. The highest BCUT2D eigenvalue weighted by Gasteiger charge is 2.14. The average molecular weight is 118 g/mol. The van der Waals surface area contributed by atoms with Gasteiger partial charge in [-0.3, -0.25) is 4.79 Å². The van der Waals surface area contributed by atoms with E-state index in [0.29, 0.717) is 0 Å². The van der Waals surface area contributed by atoms with Crippen molar-refractivity contribution in [1.29, 1.82) is 0 Å². The Morgan fingerprint density at radius 3 is 2.67 bits per heavy atom. The summed E-state index contributed by atoms with van der Waals surface area (Å²) in [6, 6.07) is 0. The molecule has 0 spiro atoms. The summed E-state index contributed by atoms with van der Waals surface area (Å²) in [6.07, 6.45) is 8.28. The Hall–Kier alpha value is -1.11. The summed E-state index contributed by atoms with van der Waals surface area (Å²) in [7, 11) is 0. The SMILES string of the molecule is O=C1C=CC2=CCC2=C1. The predicted molar refractivity (Wildman–Crippen MR) is 34.9 cm³/mol. The second-order valence-corrected chi connectivity index (χ2v) is 2.27. The number of rotatable bonds is 0. The van der Waals surface area contributed by atoms with Crippen molar-refractivity contribution in [2.75, 3.05) is 0 Å². The molecule has 0 aromatic rings. The normalized spacial score (nSPS) is 22.0. The minimum absolute atomic E-state index is 0.127. The van der Waals surface area contributed by atoms with Crippen LogP contribution in [0.4, 0.5) is 0 Å². The van der Waals surface area contributed by atoms with Crippen LogP contribution in [0.25, 0.3) is 0 Å². The lowest BCUT2D eigenvalue weighted by Gasteiger charge is -2.17. The summed E-state index contributed by atoms with van der Waals surface area (Å²) < 4.78 is 0. The van der Waals surface area contributed by atoms with Crippen LogP contribution < -0.4 is 0 Å². The van der Waals surface area contributed by atoms with Gasteiger partial charge in [0.15, 0.2) is 5.78 Å². The molecule has 0 N–H and O–H groups in total. The Balaban J connectivity index is 2.46. The van der Waals surface area contributed by atoms with Gasteiger partial charge >= 0.3 is 0 Å². The molecule has 0 radical (unpaired) electrons. The lowest BCUT2D eigenvalue weighted by molar-refractivity contribution is -0.110. The molecule has 2 aliphatic carbocycles. The number of ketones is 1. The molecule has 1 nitrogen and oxygen atoms in total. The van der Waals surface area contributed by atoms with Gasteiger partial charge in [-0.05, 0) is 29.7 Å². The maximum absolute atomic E-state index is 10.7. The van der Waals surface area contributed by atoms with Crippen LogP contribution >= 0.6 is 0 Å². The first-order chi connectivity index (χ1) is 4.36. The van der Waals surface area contributed by atoms with Gasteiger partial charge < -0.3 is 0 Å². The second kappa shape index (κ2) is 1.44. The number of hydrogen-bond donors (Lipinski definition) is 0. The highest BCUT2D eigenvalue weighted by Crippen LogP contribution is 2.29. The van der Waals surface area contributed by atoms with E-state index in [9.17, 15) is 4.79 Å². The van der Waals surface area contributed by atoms with Crippen LogP contribution in [-0.2, 0) is 4.79 Å². The maximum Gasteiger partial charge on any atom is 0.178 e. The van der Waals surface area contributed by atoms with Crippen molar-refractivity contribution in [1.82, 2.24) is 0 Å². The molecule has 0 atom stereocenters. The molecular formula is C8H6O. The topological polar surface area (TPSA) is 17.1 Å². The molecule has 0 amide bonds. The molecule has 0 bridgehead atoms. The molecule has 0 saturated carbocycles. The zero-order chi connectivity index (χ0) is 6.27. The molecule has 0 heterocycles. The van der Waals surface area contributed by atoms with Crippen LogP contribution in [0.1, 0.15) is 6.42 Å². The van der Waals surface area contributed by atoms with Gasteiger partial charge in [-0.1, -0.05) is 12.2 Å². The Morgan fingerprint density at radius 1 is 1.33 bits per heavy atom. The van der Waals surface area contributed by atoms with Crippen molar-refractivity contribution < 1.29 is 4.79 Å². The maximum atomic E-state index is 10.7. The largest absolute Gasteiger partial charge is 0.290 e. The Bertz CT molecular complexity index is 254. The van der Waals surface area contributed by atoms with E-state index in [2.05, 4.69) is 6.08 Å². The van der Waals surface area contributed by atoms with E-state index in [1.54, 1.807) is 12.2 Å². The lowest BCUT2D eigenvalue weighted by Crippen LogP contribution is -2.04. The van der Waals surface area contributed by atoms with Gasteiger partial charge in [-0.2, -0.15) is 0 Å². The Kier molecular flexibility index (Phi) is 0.758. The number of fused-ring (bicyclic) bond motifs is 1. The predicted octanol–water partition coefficient (Wildman–Crippen LogP) is 1.38. The third-order valence-corrected chi connectivity index (χ3v) is 1.66. The van der Waals surface area contributed by atoms with Gasteiger partial charge in [0.25, 0.3) is 0 Å². The van der Waals surface area contributed by atoms with E-state index in [1.165, 1.54) is 11.1 Å².